The van der Waals surface area contributed by atoms with E-state index < -0.39 is 0 Å². The molecule has 0 unspecified atom stereocenters. The van der Waals surface area contributed by atoms with Crippen molar-refractivity contribution in [2.24, 2.45) is 23.7 Å². The van der Waals surface area contributed by atoms with Crippen molar-refractivity contribution in [1.29, 1.82) is 0 Å². The number of hydrogen-bond donors (Lipinski definition) is 0. The minimum Gasteiger partial charge on any atom is -0.310 e. The first-order valence-corrected chi connectivity index (χ1v) is 21.1. The van der Waals surface area contributed by atoms with Gasteiger partial charge in [-0.05, 0) is 153 Å². The van der Waals surface area contributed by atoms with Crippen LogP contribution in [0.4, 0.5) is 17.1 Å². The molecule has 1 heteroatoms. The second kappa shape index (κ2) is 12.9. The van der Waals surface area contributed by atoms with Crippen molar-refractivity contribution in [3.05, 3.63) is 199 Å². The van der Waals surface area contributed by atoms with E-state index in [0.29, 0.717) is 0 Å². The Morgan fingerprint density at radius 1 is 0.351 bits per heavy atom. The van der Waals surface area contributed by atoms with E-state index in [1.54, 1.807) is 11.1 Å². The minimum atomic E-state index is 0.191. The van der Waals surface area contributed by atoms with Gasteiger partial charge in [-0.25, -0.2) is 0 Å². The third-order valence-electron chi connectivity index (χ3n) is 14.5. The summed E-state index contributed by atoms with van der Waals surface area (Å²) in [4.78, 5) is 2.44. The van der Waals surface area contributed by atoms with E-state index in [0.717, 1.165) is 35.0 Å². The van der Waals surface area contributed by atoms with Crippen molar-refractivity contribution in [2.45, 2.75) is 37.5 Å². The molecule has 13 rings (SSSR count). The highest BCUT2D eigenvalue weighted by Gasteiger charge is 2.61. The van der Waals surface area contributed by atoms with Gasteiger partial charge in [0.05, 0.1) is 5.69 Å². The molecule has 0 saturated heterocycles. The Labute approximate surface area is 336 Å². The maximum atomic E-state index is 2.56. The van der Waals surface area contributed by atoms with Gasteiger partial charge in [0.15, 0.2) is 0 Å². The van der Waals surface area contributed by atoms with E-state index in [1.807, 2.05) is 0 Å². The van der Waals surface area contributed by atoms with Crippen LogP contribution in [0, 0.1) is 23.7 Å². The van der Waals surface area contributed by atoms with Crippen molar-refractivity contribution >= 4 is 27.8 Å². The van der Waals surface area contributed by atoms with E-state index in [1.165, 1.54) is 93.1 Å². The first kappa shape index (κ1) is 33.0. The SMILES string of the molecule is c1ccc(-c2ccc(N(c3ccc(-c4ccccc4)cc3)c3ccc(-c4ccc5c(c4)-c4ccccc4C54C5CC6CC(C5)CC4C6)c4ccccc34)cc2)cc1. The van der Waals surface area contributed by atoms with E-state index in [2.05, 4.69) is 193 Å². The first-order chi connectivity index (χ1) is 28.2. The summed E-state index contributed by atoms with van der Waals surface area (Å²) in [7, 11) is 0. The molecule has 1 spiro atoms. The van der Waals surface area contributed by atoms with Gasteiger partial charge in [0.25, 0.3) is 0 Å². The van der Waals surface area contributed by atoms with Crippen molar-refractivity contribution in [2.75, 3.05) is 4.90 Å². The summed E-state index contributed by atoms with van der Waals surface area (Å²) in [6.45, 7) is 0. The van der Waals surface area contributed by atoms with Gasteiger partial charge >= 0.3 is 0 Å². The summed E-state index contributed by atoms with van der Waals surface area (Å²) in [5, 5.41) is 2.52. The summed E-state index contributed by atoms with van der Waals surface area (Å²) >= 11 is 0. The van der Waals surface area contributed by atoms with Gasteiger partial charge in [-0.2, -0.15) is 0 Å². The fraction of sp³-hybridized carbons (Fsp3) is 0.179. The average molecular weight is 732 g/mol. The monoisotopic (exact) mass is 731 g/mol. The first-order valence-electron chi connectivity index (χ1n) is 21.1. The summed E-state index contributed by atoms with van der Waals surface area (Å²) in [5.41, 5.74) is 17.3. The van der Waals surface area contributed by atoms with Crippen LogP contribution < -0.4 is 4.90 Å². The lowest BCUT2D eigenvalue weighted by atomic mass is 9.43. The Hall–Kier alpha value is -6.18. The van der Waals surface area contributed by atoms with Gasteiger partial charge in [0, 0.05) is 22.2 Å². The molecule has 0 amide bonds. The molecule has 0 N–H and O–H groups in total. The Bertz CT molecular complexity index is 2670. The zero-order valence-electron chi connectivity index (χ0n) is 32.2. The maximum Gasteiger partial charge on any atom is 0.0540 e. The largest absolute Gasteiger partial charge is 0.310 e. The molecular weight excluding hydrogens is 687 g/mol. The van der Waals surface area contributed by atoms with Crippen LogP contribution in [0.2, 0.25) is 0 Å². The smallest absolute Gasteiger partial charge is 0.0540 e. The summed E-state index contributed by atoms with van der Waals surface area (Å²) < 4.78 is 0. The Balaban J connectivity index is 0.989. The predicted octanol–water partition coefficient (Wildman–Crippen LogP) is 15.0. The van der Waals surface area contributed by atoms with Crippen LogP contribution in [-0.2, 0) is 5.41 Å². The topological polar surface area (TPSA) is 3.24 Å². The van der Waals surface area contributed by atoms with Crippen molar-refractivity contribution in [3.8, 4) is 44.5 Å². The maximum absolute atomic E-state index is 2.56. The molecular formula is C56H45N. The van der Waals surface area contributed by atoms with Crippen LogP contribution in [0.1, 0.15) is 43.2 Å². The third-order valence-corrected chi connectivity index (χ3v) is 14.5. The highest BCUT2D eigenvalue weighted by atomic mass is 15.1. The van der Waals surface area contributed by atoms with Crippen molar-refractivity contribution in [1.82, 2.24) is 0 Å². The van der Waals surface area contributed by atoms with Crippen molar-refractivity contribution < 1.29 is 0 Å². The van der Waals surface area contributed by atoms with Crippen LogP contribution in [0.5, 0.6) is 0 Å². The van der Waals surface area contributed by atoms with E-state index in [4.69, 9.17) is 0 Å². The van der Waals surface area contributed by atoms with Gasteiger partial charge in [0.2, 0.25) is 0 Å². The Kier molecular flexibility index (Phi) is 7.49. The second-order valence-corrected chi connectivity index (χ2v) is 17.3. The zero-order chi connectivity index (χ0) is 37.5. The Morgan fingerprint density at radius 3 is 1.46 bits per heavy atom. The molecule has 8 aromatic carbocycles. The number of anilines is 3. The van der Waals surface area contributed by atoms with Gasteiger partial charge in [-0.3, -0.25) is 0 Å². The molecule has 8 aromatic rings. The number of rotatable bonds is 6. The standard InChI is InChI=1S/C56H45N/c1-3-11-39(12-4-1)41-19-24-46(25-20-41)57(47-26-21-42(22-27-47)40-13-5-2-6-14-40)55-30-28-48(49-15-7-8-17-51(49)55)43-23-29-54-52(36-43)50-16-9-10-18-53(50)56(54)44-32-37-31-38(34-44)35-45(56)33-37/h1-30,36-38,44-45H,31-35H2. The van der Waals surface area contributed by atoms with Gasteiger partial charge in [-0.15, -0.1) is 0 Å². The molecule has 0 aromatic heterocycles. The fourth-order valence-electron chi connectivity index (χ4n) is 12.4. The summed E-state index contributed by atoms with van der Waals surface area (Å²) in [6.07, 6.45) is 7.13. The highest BCUT2D eigenvalue weighted by molar-refractivity contribution is 6.07. The molecule has 4 fully saturated rings. The molecule has 4 saturated carbocycles. The lowest BCUT2D eigenvalue weighted by molar-refractivity contribution is -0.0399. The molecule has 5 aliphatic rings. The third kappa shape index (κ3) is 5.08. The molecule has 5 aliphatic carbocycles. The normalized spacial score (nSPS) is 22.5. The molecule has 1 nitrogen and oxygen atoms in total. The molecule has 0 heterocycles. The molecule has 0 atom stereocenters. The number of hydrogen-bond acceptors (Lipinski definition) is 1. The predicted molar refractivity (Wildman–Crippen MR) is 238 cm³/mol. The van der Waals surface area contributed by atoms with Crippen LogP contribution >= 0.6 is 0 Å². The van der Waals surface area contributed by atoms with Gasteiger partial charge < -0.3 is 4.90 Å². The number of fused-ring (bicyclic) bond motifs is 4. The van der Waals surface area contributed by atoms with Crippen LogP contribution in [0.3, 0.4) is 0 Å². The lowest BCUT2D eigenvalue weighted by Gasteiger charge is -2.61. The fourth-order valence-corrected chi connectivity index (χ4v) is 12.4. The summed E-state index contributed by atoms with van der Waals surface area (Å²) in [5.74, 6) is 3.44. The van der Waals surface area contributed by atoms with Crippen LogP contribution in [-0.4, -0.2) is 0 Å². The minimum absolute atomic E-state index is 0.191. The average Bonchev–Trinajstić information content (AvgIpc) is 3.56. The van der Waals surface area contributed by atoms with Gasteiger partial charge in [0.1, 0.15) is 0 Å². The number of benzene rings is 8. The van der Waals surface area contributed by atoms with Crippen molar-refractivity contribution in [3.63, 3.8) is 0 Å². The van der Waals surface area contributed by atoms with E-state index >= 15 is 0 Å². The summed E-state index contributed by atoms with van der Waals surface area (Å²) in [6, 6.07) is 70.3. The highest BCUT2D eigenvalue weighted by Crippen LogP contribution is 2.69. The zero-order valence-corrected chi connectivity index (χ0v) is 32.2. The molecule has 0 aliphatic heterocycles. The second-order valence-electron chi connectivity index (χ2n) is 17.3. The molecule has 0 radical (unpaired) electrons. The quantitative estimate of drug-likeness (QED) is 0.165. The number of nitrogens with zero attached hydrogens (tertiary/aromatic N) is 1. The van der Waals surface area contributed by atoms with E-state index in [9.17, 15) is 0 Å². The van der Waals surface area contributed by atoms with Gasteiger partial charge in [-0.1, -0.05) is 152 Å². The molecule has 274 valence electrons. The van der Waals surface area contributed by atoms with Crippen LogP contribution in [0.15, 0.2) is 188 Å². The molecule has 57 heavy (non-hydrogen) atoms. The van der Waals surface area contributed by atoms with E-state index in [-0.39, 0.29) is 5.41 Å². The van der Waals surface area contributed by atoms with Crippen LogP contribution in [0.25, 0.3) is 55.3 Å². The molecule has 4 bridgehead atoms. The Morgan fingerprint density at radius 2 is 0.842 bits per heavy atom. The lowest BCUT2D eigenvalue weighted by Crippen LogP contribution is -2.55.